The van der Waals surface area contributed by atoms with E-state index in [-0.39, 0.29) is 11.0 Å². The van der Waals surface area contributed by atoms with Gasteiger partial charge >= 0.3 is 6.18 Å². The van der Waals surface area contributed by atoms with Gasteiger partial charge in [0, 0.05) is 0 Å². The number of fused-ring (bicyclic) bond motifs is 1. The number of hydrogen-bond donors (Lipinski definition) is 1. The van der Waals surface area contributed by atoms with Crippen LogP contribution in [0.3, 0.4) is 0 Å². The van der Waals surface area contributed by atoms with Gasteiger partial charge in [-0.2, -0.15) is 18.3 Å². The molecule has 0 aliphatic heterocycles. The van der Waals surface area contributed by atoms with Crippen molar-refractivity contribution in [3.05, 3.63) is 90.3 Å². The van der Waals surface area contributed by atoms with Gasteiger partial charge in [0.05, 0.1) is 17.2 Å². The number of carbonyl (C=O) groups excluding carboxylic acids is 1. The van der Waals surface area contributed by atoms with Crippen LogP contribution in [0.2, 0.25) is 0 Å². The maximum absolute atomic E-state index is 13.3. The highest BCUT2D eigenvalue weighted by Gasteiger charge is 2.37. The van der Waals surface area contributed by atoms with Crippen LogP contribution in [0.1, 0.15) is 11.4 Å². The molecule has 0 radical (unpaired) electrons. The Bertz CT molecular complexity index is 1270. The van der Waals surface area contributed by atoms with Crippen LogP contribution in [0.15, 0.2) is 84.0 Å². The molecule has 0 fully saturated rings. The fraction of sp³-hybridized carbons (Fsp3) is 0.0870. The molecule has 1 N–H and O–H groups in total. The van der Waals surface area contributed by atoms with Gasteiger partial charge in [0.15, 0.2) is 0 Å². The van der Waals surface area contributed by atoms with Crippen molar-refractivity contribution in [3.63, 3.8) is 0 Å². The van der Waals surface area contributed by atoms with Crippen molar-refractivity contribution in [3.8, 4) is 11.5 Å². The Hall–Kier alpha value is -4.14. The lowest BCUT2D eigenvalue weighted by molar-refractivity contribution is -0.147. The quantitative estimate of drug-likeness (QED) is 0.340. The Labute approximate surface area is 181 Å². The number of ether oxygens (including phenoxy) is 1. The number of imidazole rings is 1. The standard InChI is InChI=1S/C23H17F3N4O2/c24-23(25,26)22-28-19-11-4-5-12-20(19)30(22)15-21(31)29-27-14-16-7-6-10-18(13-16)32-17-8-2-1-3-9-17/h1-14H,15H2,(H,29,31)/b27-14+. The molecule has 0 atom stereocenters. The van der Waals surface area contributed by atoms with Gasteiger partial charge in [-0.15, -0.1) is 0 Å². The van der Waals surface area contributed by atoms with E-state index < -0.39 is 24.5 Å². The third kappa shape index (κ3) is 4.94. The van der Waals surface area contributed by atoms with E-state index in [2.05, 4.69) is 15.5 Å². The molecule has 162 valence electrons. The SMILES string of the molecule is O=C(Cn1c(C(F)(F)F)nc2ccccc21)N/N=C/c1cccc(Oc2ccccc2)c1. The van der Waals surface area contributed by atoms with E-state index in [1.807, 2.05) is 30.3 Å². The zero-order chi connectivity index (χ0) is 22.6. The number of alkyl halides is 3. The molecule has 3 aromatic carbocycles. The van der Waals surface area contributed by atoms with Crippen molar-refractivity contribution in [2.75, 3.05) is 0 Å². The molecule has 1 aromatic heterocycles. The number of halogens is 3. The molecule has 0 unspecified atom stereocenters. The fourth-order valence-corrected chi connectivity index (χ4v) is 3.09. The topological polar surface area (TPSA) is 68.5 Å². The van der Waals surface area contributed by atoms with Gasteiger partial charge in [0.1, 0.15) is 18.0 Å². The summed E-state index contributed by atoms with van der Waals surface area (Å²) in [5.74, 6) is -0.607. The van der Waals surface area contributed by atoms with Crippen LogP contribution in [-0.4, -0.2) is 21.7 Å². The zero-order valence-corrected chi connectivity index (χ0v) is 16.6. The van der Waals surface area contributed by atoms with E-state index in [1.54, 1.807) is 36.4 Å². The molecule has 0 aliphatic rings. The lowest BCUT2D eigenvalue weighted by Gasteiger charge is -2.10. The summed E-state index contributed by atoms with van der Waals surface area (Å²) >= 11 is 0. The summed E-state index contributed by atoms with van der Waals surface area (Å²) in [6.45, 7) is -0.580. The van der Waals surface area contributed by atoms with Gasteiger partial charge < -0.3 is 9.30 Å². The predicted molar refractivity (Wildman–Crippen MR) is 113 cm³/mol. The Morgan fingerprint density at radius 2 is 1.72 bits per heavy atom. The Kier molecular flexibility index (Phi) is 5.89. The van der Waals surface area contributed by atoms with Crippen LogP contribution in [0.4, 0.5) is 13.2 Å². The number of carbonyl (C=O) groups is 1. The molecule has 0 saturated heterocycles. The minimum Gasteiger partial charge on any atom is -0.457 e. The van der Waals surface area contributed by atoms with Crippen LogP contribution in [0.25, 0.3) is 11.0 Å². The Morgan fingerprint density at radius 3 is 2.50 bits per heavy atom. The number of hydrazone groups is 1. The summed E-state index contributed by atoms with van der Waals surface area (Å²) in [6, 6.07) is 22.3. The van der Waals surface area contributed by atoms with Crippen LogP contribution >= 0.6 is 0 Å². The molecule has 4 aromatic rings. The normalized spacial score (nSPS) is 11.7. The molecule has 9 heteroatoms. The minimum absolute atomic E-state index is 0.159. The summed E-state index contributed by atoms with van der Waals surface area (Å²) in [5, 5.41) is 3.85. The highest BCUT2D eigenvalue weighted by molar-refractivity contribution is 5.84. The first-order valence-corrected chi connectivity index (χ1v) is 9.57. The first-order valence-electron chi connectivity index (χ1n) is 9.57. The number of hydrogen-bond acceptors (Lipinski definition) is 4. The van der Waals surface area contributed by atoms with E-state index in [4.69, 9.17) is 4.74 Å². The molecule has 4 rings (SSSR count). The lowest BCUT2D eigenvalue weighted by Crippen LogP contribution is -2.26. The molecule has 1 amide bonds. The number of nitrogens with one attached hydrogen (secondary N) is 1. The molecule has 0 aliphatic carbocycles. The summed E-state index contributed by atoms with van der Waals surface area (Å²) in [4.78, 5) is 15.9. The van der Waals surface area contributed by atoms with Crippen LogP contribution in [0, 0.1) is 0 Å². The van der Waals surface area contributed by atoms with Gasteiger partial charge in [0.2, 0.25) is 5.82 Å². The van der Waals surface area contributed by atoms with Gasteiger partial charge in [-0.25, -0.2) is 10.4 Å². The van der Waals surface area contributed by atoms with Crippen LogP contribution in [-0.2, 0) is 17.5 Å². The highest BCUT2D eigenvalue weighted by atomic mass is 19.4. The van der Waals surface area contributed by atoms with Gasteiger partial charge in [-0.05, 0) is 42.0 Å². The maximum atomic E-state index is 13.3. The average Bonchev–Trinajstić information content (AvgIpc) is 3.14. The molecule has 1 heterocycles. The number of benzene rings is 3. The Morgan fingerprint density at radius 1 is 1.00 bits per heavy atom. The van der Waals surface area contributed by atoms with E-state index >= 15 is 0 Å². The second kappa shape index (κ2) is 8.93. The predicted octanol–water partition coefficient (Wildman–Crippen LogP) is 5.00. The molecule has 32 heavy (non-hydrogen) atoms. The second-order valence-electron chi connectivity index (χ2n) is 6.79. The average molecular weight is 438 g/mol. The second-order valence-corrected chi connectivity index (χ2v) is 6.79. The van der Waals surface area contributed by atoms with Crippen molar-refractivity contribution in [1.82, 2.24) is 15.0 Å². The van der Waals surface area contributed by atoms with Crippen molar-refractivity contribution in [2.45, 2.75) is 12.7 Å². The lowest BCUT2D eigenvalue weighted by atomic mass is 10.2. The van der Waals surface area contributed by atoms with E-state index in [0.717, 1.165) is 4.57 Å². The molecule has 0 saturated carbocycles. The zero-order valence-electron chi connectivity index (χ0n) is 16.6. The fourth-order valence-electron chi connectivity index (χ4n) is 3.09. The number of aromatic nitrogens is 2. The summed E-state index contributed by atoms with van der Waals surface area (Å²) in [6.07, 6.45) is -3.31. The monoisotopic (exact) mass is 438 g/mol. The highest BCUT2D eigenvalue weighted by Crippen LogP contribution is 2.31. The van der Waals surface area contributed by atoms with Crippen molar-refractivity contribution < 1.29 is 22.7 Å². The maximum Gasteiger partial charge on any atom is 0.449 e. The van der Waals surface area contributed by atoms with Crippen molar-refractivity contribution >= 4 is 23.2 Å². The van der Waals surface area contributed by atoms with Crippen LogP contribution in [0.5, 0.6) is 11.5 Å². The van der Waals surface area contributed by atoms with E-state index in [1.165, 1.54) is 18.3 Å². The van der Waals surface area contributed by atoms with E-state index in [9.17, 15) is 18.0 Å². The summed E-state index contributed by atoms with van der Waals surface area (Å²) in [7, 11) is 0. The number of rotatable bonds is 6. The first-order chi connectivity index (χ1) is 15.4. The van der Waals surface area contributed by atoms with Crippen molar-refractivity contribution in [1.29, 1.82) is 0 Å². The number of para-hydroxylation sites is 3. The Balaban J connectivity index is 1.44. The first kappa shape index (κ1) is 21.1. The largest absolute Gasteiger partial charge is 0.457 e. The van der Waals surface area contributed by atoms with E-state index in [0.29, 0.717) is 17.1 Å². The number of amides is 1. The summed E-state index contributed by atoms with van der Waals surface area (Å²) < 4.78 is 46.6. The molecule has 6 nitrogen and oxygen atoms in total. The third-order valence-corrected chi connectivity index (χ3v) is 4.45. The van der Waals surface area contributed by atoms with Crippen LogP contribution < -0.4 is 10.2 Å². The number of nitrogens with zero attached hydrogens (tertiary/aromatic N) is 3. The molecular weight excluding hydrogens is 421 g/mol. The van der Waals surface area contributed by atoms with Gasteiger partial charge in [-0.3, -0.25) is 4.79 Å². The minimum atomic E-state index is -4.69. The van der Waals surface area contributed by atoms with Crippen molar-refractivity contribution in [2.24, 2.45) is 5.10 Å². The third-order valence-electron chi connectivity index (χ3n) is 4.45. The molecule has 0 spiro atoms. The van der Waals surface area contributed by atoms with Gasteiger partial charge in [0.25, 0.3) is 5.91 Å². The smallest absolute Gasteiger partial charge is 0.449 e. The summed E-state index contributed by atoms with van der Waals surface area (Å²) in [5.41, 5.74) is 3.27. The van der Waals surface area contributed by atoms with Gasteiger partial charge in [-0.1, -0.05) is 42.5 Å². The molecule has 0 bridgehead atoms. The molecular formula is C23H17F3N4O2.